The molecule has 94 valence electrons. The number of hydrogen-bond acceptors (Lipinski definition) is 4. The number of hydrogen-bond donors (Lipinski definition) is 2. The molecule has 5 nitrogen and oxygen atoms in total. The fourth-order valence-electron chi connectivity index (χ4n) is 1.36. The number of nitrogen functional groups attached to an aromatic ring is 1. The van der Waals surface area contributed by atoms with Crippen LogP contribution in [-0.4, -0.2) is 13.4 Å². The van der Waals surface area contributed by atoms with Crippen molar-refractivity contribution in [2.45, 2.75) is 4.90 Å². The zero-order chi connectivity index (χ0) is 13.2. The van der Waals surface area contributed by atoms with Crippen molar-refractivity contribution in [3.63, 3.8) is 0 Å². The van der Waals surface area contributed by atoms with Crippen molar-refractivity contribution >= 4 is 44.0 Å². The zero-order valence-corrected chi connectivity index (χ0v) is 12.1. The number of aromatic nitrogens is 1. The smallest absolute Gasteiger partial charge is 0.265 e. The van der Waals surface area contributed by atoms with E-state index in [0.29, 0.717) is 5.69 Å². The van der Waals surface area contributed by atoms with Gasteiger partial charge in [-0.2, -0.15) is 0 Å². The van der Waals surface area contributed by atoms with Crippen molar-refractivity contribution in [1.29, 1.82) is 0 Å². The Morgan fingerprint density at radius 3 is 2.61 bits per heavy atom. The summed E-state index contributed by atoms with van der Waals surface area (Å²) in [5.41, 5.74) is 6.32. The molecule has 1 aromatic carbocycles. The number of sulfonamides is 1. The molecule has 0 atom stereocenters. The molecule has 0 bridgehead atoms. The highest BCUT2D eigenvalue weighted by Gasteiger charge is 2.18. The maximum absolute atomic E-state index is 12.1. The van der Waals surface area contributed by atoms with Crippen molar-refractivity contribution in [2.75, 3.05) is 10.5 Å². The Balaban J connectivity index is 2.40. The van der Waals surface area contributed by atoms with Crippen LogP contribution in [0.4, 0.5) is 11.4 Å². The van der Waals surface area contributed by atoms with E-state index >= 15 is 0 Å². The molecule has 0 aliphatic carbocycles. The van der Waals surface area contributed by atoms with Gasteiger partial charge in [0.15, 0.2) is 0 Å². The van der Waals surface area contributed by atoms with Crippen LogP contribution in [0.3, 0.4) is 0 Å². The summed E-state index contributed by atoms with van der Waals surface area (Å²) in [6, 6.07) is 8.53. The molecule has 0 saturated heterocycles. The number of rotatable bonds is 3. The van der Waals surface area contributed by atoms with Gasteiger partial charge in [0.2, 0.25) is 0 Å². The molecule has 1 heterocycles. The summed E-state index contributed by atoms with van der Waals surface area (Å²) >= 11 is 2.05. The molecular weight excluding hydrogens is 365 g/mol. The van der Waals surface area contributed by atoms with Gasteiger partial charge in [-0.05, 0) is 40.8 Å². The number of nitrogens with one attached hydrogen (secondary N) is 1. The van der Waals surface area contributed by atoms with Crippen molar-refractivity contribution in [3.05, 3.63) is 46.3 Å². The van der Waals surface area contributed by atoms with E-state index < -0.39 is 10.0 Å². The second-order valence-corrected chi connectivity index (χ2v) is 6.31. The highest BCUT2D eigenvalue weighted by molar-refractivity contribution is 14.1. The van der Waals surface area contributed by atoms with Crippen molar-refractivity contribution in [1.82, 2.24) is 4.98 Å². The van der Waals surface area contributed by atoms with Gasteiger partial charge >= 0.3 is 0 Å². The quantitative estimate of drug-likeness (QED) is 0.805. The highest BCUT2D eigenvalue weighted by atomic mass is 127. The number of nitrogens with two attached hydrogens (primary N) is 1. The van der Waals surface area contributed by atoms with Crippen molar-refractivity contribution < 1.29 is 8.42 Å². The van der Waals surface area contributed by atoms with Gasteiger partial charge in [-0.1, -0.05) is 12.1 Å². The SMILES string of the molecule is Nc1ccncc1S(=O)(=O)Nc1ccccc1I. The topological polar surface area (TPSA) is 85.1 Å². The van der Waals surface area contributed by atoms with Gasteiger partial charge in [-0.3, -0.25) is 9.71 Å². The van der Waals surface area contributed by atoms with Gasteiger partial charge in [-0.25, -0.2) is 8.42 Å². The average Bonchev–Trinajstić information content (AvgIpc) is 2.32. The standard InChI is InChI=1S/C11H10IN3O2S/c12-8-3-1-2-4-10(8)15-18(16,17)11-7-14-6-5-9(11)13/h1-7,15H,(H2,13,14). The lowest BCUT2D eigenvalue weighted by Crippen LogP contribution is -2.15. The van der Waals surface area contributed by atoms with Crippen LogP contribution in [0.5, 0.6) is 0 Å². The van der Waals surface area contributed by atoms with E-state index in [4.69, 9.17) is 5.73 Å². The van der Waals surface area contributed by atoms with Crippen LogP contribution in [0.15, 0.2) is 47.6 Å². The fourth-order valence-corrected chi connectivity index (χ4v) is 3.22. The van der Waals surface area contributed by atoms with Crippen LogP contribution in [0.25, 0.3) is 0 Å². The first-order chi connectivity index (χ1) is 8.50. The van der Waals surface area contributed by atoms with Crippen LogP contribution < -0.4 is 10.5 Å². The number of benzene rings is 1. The molecule has 0 fully saturated rings. The summed E-state index contributed by atoms with van der Waals surface area (Å²) in [5.74, 6) is 0. The molecule has 0 unspecified atom stereocenters. The molecule has 3 N–H and O–H groups in total. The maximum Gasteiger partial charge on any atom is 0.265 e. The van der Waals surface area contributed by atoms with Crippen molar-refractivity contribution in [2.24, 2.45) is 0 Å². The minimum absolute atomic E-state index is 0.0235. The Morgan fingerprint density at radius 2 is 1.94 bits per heavy atom. The lowest BCUT2D eigenvalue weighted by Gasteiger charge is -2.10. The van der Waals surface area contributed by atoms with Gasteiger partial charge in [-0.15, -0.1) is 0 Å². The third-order valence-corrected chi connectivity index (χ3v) is 4.57. The van der Waals surface area contributed by atoms with Crippen LogP contribution in [0, 0.1) is 3.57 Å². The minimum Gasteiger partial charge on any atom is -0.398 e. The third kappa shape index (κ3) is 2.72. The first-order valence-electron chi connectivity index (χ1n) is 4.97. The molecular formula is C11H10IN3O2S. The molecule has 7 heteroatoms. The fraction of sp³-hybridized carbons (Fsp3) is 0. The first-order valence-corrected chi connectivity index (χ1v) is 7.54. The molecule has 1 aromatic heterocycles. The predicted octanol–water partition coefficient (Wildman–Crippen LogP) is 2.07. The average molecular weight is 375 g/mol. The van der Waals surface area contributed by atoms with Crippen LogP contribution in [0.1, 0.15) is 0 Å². The molecule has 2 aromatic rings. The molecule has 2 rings (SSSR count). The Bertz CT molecular complexity index is 673. The molecule has 0 amide bonds. The number of halogens is 1. The van der Waals surface area contributed by atoms with E-state index in [1.807, 2.05) is 12.1 Å². The maximum atomic E-state index is 12.1. The molecule has 0 aliphatic rings. The van der Waals surface area contributed by atoms with Gasteiger partial charge < -0.3 is 5.73 Å². The Kier molecular flexibility index (Phi) is 3.71. The summed E-state index contributed by atoms with van der Waals surface area (Å²) < 4.78 is 27.6. The van der Waals surface area contributed by atoms with Gasteiger partial charge in [0.05, 0.1) is 11.4 Å². The predicted molar refractivity (Wildman–Crippen MR) is 78.6 cm³/mol. The molecule has 0 saturated carbocycles. The van der Waals surface area contributed by atoms with Gasteiger partial charge in [0, 0.05) is 16.0 Å². The normalized spacial score (nSPS) is 11.2. The van der Waals surface area contributed by atoms with Crippen LogP contribution in [0.2, 0.25) is 0 Å². The minimum atomic E-state index is -3.71. The molecule has 18 heavy (non-hydrogen) atoms. The second kappa shape index (κ2) is 5.11. The van der Waals surface area contributed by atoms with E-state index in [1.54, 1.807) is 12.1 Å². The lowest BCUT2D eigenvalue weighted by molar-refractivity contribution is 0.601. The molecule has 0 aliphatic heterocycles. The van der Waals surface area contributed by atoms with Gasteiger partial charge in [0.25, 0.3) is 10.0 Å². The van der Waals surface area contributed by atoms with E-state index in [1.165, 1.54) is 18.5 Å². The van der Waals surface area contributed by atoms with Gasteiger partial charge in [0.1, 0.15) is 4.90 Å². The Labute approximate surface area is 119 Å². The summed E-state index contributed by atoms with van der Waals surface area (Å²) in [6.07, 6.45) is 2.67. The first kappa shape index (κ1) is 13.1. The number of anilines is 2. The molecule has 0 spiro atoms. The summed E-state index contributed by atoms with van der Waals surface area (Å²) in [6.45, 7) is 0. The summed E-state index contributed by atoms with van der Waals surface area (Å²) in [4.78, 5) is 3.75. The Morgan fingerprint density at radius 1 is 1.22 bits per heavy atom. The van der Waals surface area contributed by atoms with Crippen LogP contribution >= 0.6 is 22.6 Å². The van der Waals surface area contributed by atoms with E-state index in [-0.39, 0.29) is 10.6 Å². The van der Waals surface area contributed by atoms with E-state index in [0.717, 1.165) is 3.57 Å². The van der Waals surface area contributed by atoms with Crippen molar-refractivity contribution in [3.8, 4) is 0 Å². The second-order valence-electron chi connectivity index (χ2n) is 3.50. The highest BCUT2D eigenvalue weighted by Crippen LogP contribution is 2.23. The molecule has 0 radical (unpaired) electrons. The summed E-state index contributed by atoms with van der Waals surface area (Å²) in [7, 11) is -3.71. The lowest BCUT2D eigenvalue weighted by atomic mass is 10.3. The monoisotopic (exact) mass is 375 g/mol. The van der Waals surface area contributed by atoms with Crippen LogP contribution in [-0.2, 0) is 10.0 Å². The number of nitrogens with zero attached hydrogens (tertiary/aromatic N) is 1. The summed E-state index contributed by atoms with van der Waals surface area (Å²) in [5, 5.41) is 0. The zero-order valence-electron chi connectivity index (χ0n) is 9.17. The number of pyridine rings is 1. The van der Waals surface area contributed by atoms with E-state index in [9.17, 15) is 8.42 Å². The van der Waals surface area contributed by atoms with E-state index in [2.05, 4.69) is 32.3 Å². The largest absolute Gasteiger partial charge is 0.398 e. The third-order valence-electron chi connectivity index (χ3n) is 2.22. The Hall–Kier alpha value is -1.35. The number of para-hydroxylation sites is 1.